The lowest BCUT2D eigenvalue weighted by molar-refractivity contribution is -0.144. The molecule has 2 fully saturated rings. The van der Waals surface area contributed by atoms with Crippen LogP contribution in [-0.2, 0) is 30.0 Å². The molecule has 1 saturated carbocycles. The second-order valence-electron chi connectivity index (χ2n) is 8.75. The number of carbonyl (C=O) groups is 2. The Morgan fingerprint density at radius 1 is 1.08 bits per heavy atom. The minimum atomic E-state index is -4.68. The third-order valence-corrected chi connectivity index (χ3v) is 6.05. The first kappa shape index (κ1) is 28.2. The quantitative estimate of drug-likeness (QED) is 0.283. The van der Waals surface area contributed by atoms with Crippen LogP contribution < -0.4 is 10.6 Å². The molecule has 1 aliphatic carbocycles. The normalized spacial score (nSPS) is 25.0. The van der Waals surface area contributed by atoms with Gasteiger partial charge in [0.05, 0.1) is 38.3 Å². The van der Waals surface area contributed by atoms with Gasteiger partial charge >= 0.3 is 6.18 Å². The van der Waals surface area contributed by atoms with Crippen LogP contribution in [0.25, 0.3) is 0 Å². The zero-order chi connectivity index (χ0) is 26.1. The predicted molar refractivity (Wildman–Crippen MR) is 118 cm³/mol. The van der Waals surface area contributed by atoms with Gasteiger partial charge in [-0.1, -0.05) is 12.8 Å². The van der Waals surface area contributed by atoms with E-state index in [0.29, 0.717) is 6.20 Å². The van der Waals surface area contributed by atoms with E-state index < -0.39 is 42.1 Å². The summed E-state index contributed by atoms with van der Waals surface area (Å²) >= 11 is 0. The van der Waals surface area contributed by atoms with Gasteiger partial charge in [-0.3, -0.25) is 14.6 Å². The minimum Gasteiger partial charge on any atom is -0.388 e. The van der Waals surface area contributed by atoms with Crippen LogP contribution in [-0.4, -0.2) is 95.8 Å². The van der Waals surface area contributed by atoms with Crippen LogP contribution in [0.5, 0.6) is 0 Å². The van der Waals surface area contributed by atoms with Gasteiger partial charge in [-0.15, -0.1) is 0 Å². The number of amides is 1. The van der Waals surface area contributed by atoms with Gasteiger partial charge < -0.3 is 35.1 Å². The van der Waals surface area contributed by atoms with Gasteiger partial charge in [0.2, 0.25) is 5.91 Å². The third kappa shape index (κ3) is 8.34. The first-order valence-corrected chi connectivity index (χ1v) is 11.7. The lowest BCUT2D eigenvalue weighted by Crippen LogP contribution is -2.58. The number of aliphatic hydroxyl groups excluding tert-OH is 2. The van der Waals surface area contributed by atoms with Crippen LogP contribution in [0.1, 0.15) is 31.4 Å². The number of aromatic nitrogens is 2. The van der Waals surface area contributed by atoms with Crippen LogP contribution in [0.15, 0.2) is 12.4 Å². The van der Waals surface area contributed by atoms with Crippen molar-refractivity contribution < 1.29 is 47.2 Å². The lowest BCUT2D eigenvalue weighted by atomic mass is 9.98. The highest BCUT2D eigenvalue weighted by atomic mass is 19.4. The molecule has 1 aromatic heterocycles. The smallest absolute Gasteiger partial charge is 0.388 e. The van der Waals surface area contributed by atoms with E-state index in [2.05, 4.69) is 20.6 Å². The molecule has 1 saturated heterocycles. The van der Waals surface area contributed by atoms with Crippen LogP contribution in [0.3, 0.4) is 0 Å². The summed E-state index contributed by atoms with van der Waals surface area (Å²) in [7, 11) is 0. The van der Waals surface area contributed by atoms with Crippen molar-refractivity contribution in [1.29, 1.82) is 0 Å². The molecule has 1 aromatic rings. The SMILES string of the molecule is O=C(COCCOCC(=O)C1CCCC1)NC[C@H]1OC[C@H](Nc2cncc(C(F)(F)F)n2)[C@@H](O)[C@H]1O. The van der Waals surface area contributed by atoms with Gasteiger partial charge in [-0.25, -0.2) is 4.98 Å². The molecule has 0 spiro atoms. The number of hydrogen-bond acceptors (Lipinski definition) is 10. The molecule has 4 N–H and O–H groups in total. The molecule has 1 amide bonds. The Labute approximate surface area is 205 Å². The maximum atomic E-state index is 12.8. The summed E-state index contributed by atoms with van der Waals surface area (Å²) in [6.07, 6.45) is -2.86. The van der Waals surface area contributed by atoms with Crippen molar-refractivity contribution in [3.63, 3.8) is 0 Å². The van der Waals surface area contributed by atoms with E-state index >= 15 is 0 Å². The molecule has 3 rings (SSSR count). The summed E-state index contributed by atoms with van der Waals surface area (Å²) < 4.78 is 54.3. The molecule has 2 aliphatic rings. The number of anilines is 1. The first-order chi connectivity index (χ1) is 17.1. The average Bonchev–Trinajstić information content (AvgIpc) is 3.38. The van der Waals surface area contributed by atoms with Crippen LogP contribution in [0.2, 0.25) is 0 Å². The van der Waals surface area contributed by atoms with Crippen molar-refractivity contribution in [2.45, 2.75) is 56.2 Å². The number of hydrogen-bond donors (Lipinski definition) is 4. The van der Waals surface area contributed by atoms with Crippen molar-refractivity contribution in [3.05, 3.63) is 18.1 Å². The van der Waals surface area contributed by atoms with E-state index in [1.54, 1.807) is 0 Å². The number of Topliss-reactive ketones (excluding diaryl/α,β-unsaturated/α-hetero) is 1. The van der Waals surface area contributed by atoms with Crippen LogP contribution in [0.4, 0.5) is 19.0 Å². The summed E-state index contributed by atoms with van der Waals surface area (Å²) in [5.74, 6) is -0.533. The Bertz CT molecular complexity index is 870. The van der Waals surface area contributed by atoms with Crippen LogP contribution >= 0.6 is 0 Å². The summed E-state index contributed by atoms with van der Waals surface area (Å²) in [5.41, 5.74) is -1.20. The van der Waals surface area contributed by atoms with Gasteiger partial charge in [0.15, 0.2) is 11.5 Å². The standard InChI is InChI=1S/C22H31F3N4O7/c23-22(24,25)17-8-26-9-18(29-17)28-14-10-36-16(21(33)20(14)32)7-27-19(31)12-35-6-5-34-11-15(30)13-3-1-2-4-13/h8-9,13-14,16,20-21,32-33H,1-7,10-12H2,(H,27,31)(H,28,29)/t14-,16+,20+,21-/m0/s1. The number of rotatable bonds is 12. The zero-order valence-corrected chi connectivity index (χ0v) is 19.6. The molecule has 0 bridgehead atoms. The van der Waals surface area contributed by atoms with Gasteiger partial charge in [-0.05, 0) is 12.8 Å². The van der Waals surface area contributed by atoms with Gasteiger partial charge in [-0.2, -0.15) is 13.2 Å². The second-order valence-corrected chi connectivity index (χ2v) is 8.75. The predicted octanol–water partition coefficient (Wildman–Crippen LogP) is 0.305. The molecule has 1 aliphatic heterocycles. The minimum absolute atomic E-state index is 0.0373. The highest BCUT2D eigenvalue weighted by Gasteiger charge is 2.39. The summed E-state index contributed by atoms with van der Waals surface area (Å²) in [4.78, 5) is 30.7. The van der Waals surface area contributed by atoms with Gasteiger partial charge in [0.1, 0.15) is 37.3 Å². The fourth-order valence-electron chi connectivity index (χ4n) is 4.04. The summed E-state index contributed by atoms with van der Waals surface area (Å²) in [6.45, 7) is -0.224. The van der Waals surface area contributed by atoms with Crippen molar-refractivity contribution in [1.82, 2.24) is 15.3 Å². The largest absolute Gasteiger partial charge is 0.434 e. The van der Waals surface area contributed by atoms with E-state index in [1.165, 1.54) is 0 Å². The molecule has 4 atom stereocenters. The van der Waals surface area contributed by atoms with Crippen molar-refractivity contribution in [2.75, 3.05) is 44.9 Å². The lowest BCUT2D eigenvalue weighted by Gasteiger charge is -2.38. The van der Waals surface area contributed by atoms with Crippen molar-refractivity contribution in [3.8, 4) is 0 Å². The Balaban J connectivity index is 1.31. The van der Waals surface area contributed by atoms with Gasteiger partial charge in [0, 0.05) is 12.5 Å². The number of aliphatic hydroxyl groups is 2. The molecule has 0 radical (unpaired) electrons. The number of alkyl halides is 3. The Morgan fingerprint density at radius 3 is 2.47 bits per heavy atom. The topological polar surface area (TPSA) is 152 Å². The van der Waals surface area contributed by atoms with Crippen molar-refractivity contribution in [2.24, 2.45) is 5.92 Å². The maximum absolute atomic E-state index is 12.8. The molecular weight excluding hydrogens is 489 g/mol. The molecule has 11 nitrogen and oxygen atoms in total. The third-order valence-electron chi connectivity index (χ3n) is 6.05. The molecule has 0 unspecified atom stereocenters. The number of ketones is 1. The molecule has 36 heavy (non-hydrogen) atoms. The molecular formula is C22H31F3N4O7. The summed E-state index contributed by atoms with van der Waals surface area (Å²) in [6, 6.07) is -0.950. The number of ether oxygens (including phenoxy) is 3. The number of nitrogens with one attached hydrogen (secondary N) is 2. The Morgan fingerprint density at radius 2 is 1.78 bits per heavy atom. The Kier molecular flexibility index (Phi) is 10.4. The van der Waals surface area contributed by atoms with E-state index in [1.807, 2.05) is 0 Å². The fraction of sp³-hybridized carbons (Fsp3) is 0.727. The average molecular weight is 521 g/mol. The Hall–Kier alpha value is -2.39. The molecule has 0 aromatic carbocycles. The number of halogens is 3. The number of carbonyl (C=O) groups excluding carboxylic acids is 2. The number of nitrogens with zero attached hydrogens (tertiary/aromatic N) is 2. The van der Waals surface area contributed by atoms with E-state index in [4.69, 9.17) is 14.2 Å². The van der Waals surface area contributed by atoms with E-state index in [-0.39, 0.29) is 57.1 Å². The fourth-order valence-corrected chi connectivity index (χ4v) is 4.04. The highest BCUT2D eigenvalue weighted by molar-refractivity contribution is 5.82. The molecule has 14 heteroatoms. The van der Waals surface area contributed by atoms with E-state index in [0.717, 1.165) is 31.9 Å². The van der Waals surface area contributed by atoms with Gasteiger partial charge in [0.25, 0.3) is 0 Å². The molecule has 202 valence electrons. The second kappa shape index (κ2) is 13.2. The maximum Gasteiger partial charge on any atom is 0.434 e. The van der Waals surface area contributed by atoms with Crippen molar-refractivity contribution >= 4 is 17.5 Å². The zero-order valence-electron chi connectivity index (χ0n) is 19.6. The van der Waals surface area contributed by atoms with Crippen LogP contribution in [0, 0.1) is 5.92 Å². The summed E-state index contributed by atoms with van der Waals surface area (Å²) in [5, 5.41) is 25.8. The molecule has 2 heterocycles. The van der Waals surface area contributed by atoms with E-state index in [9.17, 15) is 33.0 Å². The highest BCUT2D eigenvalue weighted by Crippen LogP contribution is 2.28. The first-order valence-electron chi connectivity index (χ1n) is 11.7. The monoisotopic (exact) mass is 520 g/mol.